The number of aliphatic hydroxyl groups excluding tert-OH is 1. The summed E-state index contributed by atoms with van der Waals surface area (Å²) < 4.78 is 10.6. The topological polar surface area (TPSA) is 72.8 Å². The molecule has 0 saturated carbocycles. The van der Waals surface area contributed by atoms with Gasteiger partial charge in [0.1, 0.15) is 6.61 Å². The fourth-order valence-electron chi connectivity index (χ4n) is 5.51. The van der Waals surface area contributed by atoms with Crippen LogP contribution in [0.4, 0.5) is 0 Å². The largest absolute Gasteiger partial charge is 0.462 e. The smallest absolute Gasteiger partial charge is 0.306 e. The lowest BCUT2D eigenvalue weighted by atomic mass is 10.0. The lowest BCUT2D eigenvalue weighted by molar-refractivity contribution is -0.161. The summed E-state index contributed by atoms with van der Waals surface area (Å²) in [6, 6.07) is 0. The van der Waals surface area contributed by atoms with Gasteiger partial charge in [-0.1, -0.05) is 172 Å². The number of ether oxygens (including phenoxy) is 2. The monoisotopic (exact) mass is 647 g/mol. The molecule has 268 valence electrons. The van der Waals surface area contributed by atoms with Crippen molar-refractivity contribution in [2.45, 2.75) is 200 Å². The van der Waals surface area contributed by atoms with E-state index in [1.54, 1.807) is 0 Å². The van der Waals surface area contributed by atoms with Crippen molar-refractivity contribution >= 4 is 11.9 Å². The number of aliphatic hydroxyl groups is 1. The van der Waals surface area contributed by atoms with Gasteiger partial charge in [0.2, 0.25) is 0 Å². The molecule has 0 rings (SSSR count). The molecule has 0 aromatic heterocycles. The van der Waals surface area contributed by atoms with Gasteiger partial charge in [0, 0.05) is 12.8 Å². The molecule has 46 heavy (non-hydrogen) atoms. The molecule has 5 heteroatoms. The van der Waals surface area contributed by atoms with Crippen LogP contribution in [0.25, 0.3) is 0 Å². The van der Waals surface area contributed by atoms with Gasteiger partial charge in [-0.15, -0.1) is 0 Å². The first kappa shape index (κ1) is 44.1. The number of unbranched alkanes of at least 4 members (excludes halogenated alkanes) is 21. The highest BCUT2D eigenvalue weighted by atomic mass is 16.6. The minimum atomic E-state index is -0.776. The Morgan fingerprint density at radius 2 is 0.935 bits per heavy atom. The Morgan fingerprint density at radius 3 is 1.41 bits per heavy atom. The van der Waals surface area contributed by atoms with Crippen LogP contribution in [0, 0.1) is 0 Å². The van der Waals surface area contributed by atoms with E-state index in [0.29, 0.717) is 12.8 Å². The van der Waals surface area contributed by atoms with Crippen molar-refractivity contribution in [1.82, 2.24) is 0 Å². The summed E-state index contributed by atoms with van der Waals surface area (Å²) in [4.78, 5) is 24.2. The van der Waals surface area contributed by atoms with Crippen molar-refractivity contribution in [3.8, 4) is 0 Å². The van der Waals surface area contributed by atoms with Crippen molar-refractivity contribution in [2.24, 2.45) is 0 Å². The van der Waals surface area contributed by atoms with Gasteiger partial charge in [0.25, 0.3) is 0 Å². The van der Waals surface area contributed by atoms with E-state index in [1.807, 2.05) is 0 Å². The van der Waals surface area contributed by atoms with Crippen LogP contribution in [0.5, 0.6) is 0 Å². The maximum atomic E-state index is 12.1. The number of carbonyl (C=O) groups excluding carboxylic acids is 2. The molecule has 0 bridgehead atoms. The number of carbonyl (C=O) groups is 2. The number of allylic oxidation sites excluding steroid dienone is 6. The van der Waals surface area contributed by atoms with Crippen molar-refractivity contribution in [1.29, 1.82) is 0 Å². The predicted octanol–water partition coefficient (Wildman–Crippen LogP) is 12.1. The van der Waals surface area contributed by atoms with Gasteiger partial charge in [-0.05, 0) is 44.9 Å². The third-order valence-electron chi connectivity index (χ3n) is 8.45. The van der Waals surface area contributed by atoms with Gasteiger partial charge < -0.3 is 14.6 Å². The molecule has 1 atom stereocenters. The van der Waals surface area contributed by atoms with Gasteiger partial charge in [-0.3, -0.25) is 9.59 Å². The summed E-state index contributed by atoms with van der Waals surface area (Å²) in [7, 11) is 0. The Morgan fingerprint density at radius 1 is 0.522 bits per heavy atom. The minimum absolute atomic E-state index is 0.0702. The summed E-state index contributed by atoms with van der Waals surface area (Å²) in [5.41, 5.74) is 0. The van der Waals surface area contributed by atoms with Crippen molar-refractivity contribution in [3.63, 3.8) is 0 Å². The molecule has 0 aromatic rings. The standard InChI is InChI=1S/C41H74O5/c1-3-5-7-9-11-13-15-17-19-20-22-23-25-27-29-31-33-35-40(43)45-38-39(37-42)46-41(44)36-34-32-30-28-26-24-21-18-16-14-12-10-8-6-4-2/h6,8,12,14,18,21,39,42H,3-5,7,9-11,13,15-17,19-20,22-38H2,1-2H3. The molecule has 5 nitrogen and oxygen atoms in total. The third-order valence-corrected chi connectivity index (χ3v) is 8.45. The predicted molar refractivity (Wildman–Crippen MR) is 196 cm³/mol. The summed E-state index contributed by atoms with van der Waals surface area (Å²) in [5.74, 6) is -0.606. The van der Waals surface area contributed by atoms with Gasteiger partial charge >= 0.3 is 11.9 Å². The minimum Gasteiger partial charge on any atom is -0.462 e. The fraction of sp³-hybridized carbons (Fsp3) is 0.805. The van der Waals surface area contributed by atoms with E-state index < -0.39 is 6.10 Å². The molecule has 0 fully saturated rings. The number of rotatable bonds is 35. The second-order valence-corrected chi connectivity index (χ2v) is 13.0. The summed E-state index contributed by atoms with van der Waals surface area (Å²) >= 11 is 0. The second kappa shape index (κ2) is 37.6. The van der Waals surface area contributed by atoms with Gasteiger partial charge in [-0.25, -0.2) is 0 Å². The molecule has 0 amide bonds. The van der Waals surface area contributed by atoms with Crippen LogP contribution >= 0.6 is 0 Å². The molecule has 0 aromatic carbocycles. The normalized spacial score (nSPS) is 12.5. The van der Waals surface area contributed by atoms with E-state index in [0.717, 1.165) is 70.6 Å². The summed E-state index contributed by atoms with van der Waals surface area (Å²) in [5, 5.41) is 9.54. The summed E-state index contributed by atoms with van der Waals surface area (Å²) in [6.45, 7) is 4.02. The Hall–Kier alpha value is -1.88. The lowest BCUT2D eigenvalue weighted by Gasteiger charge is -2.15. The van der Waals surface area contributed by atoms with Crippen LogP contribution < -0.4 is 0 Å². The van der Waals surface area contributed by atoms with Crippen LogP contribution in [0.1, 0.15) is 194 Å². The van der Waals surface area contributed by atoms with E-state index in [-0.39, 0.29) is 25.2 Å². The maximum absolute atomic E-state index is 12.1. The van der Waals surface area contributed by atoms with E-state index in [2.05, 4.69) is 50.3 Å². The Bertz CT molecular complexity index is 741. The number of esters is 2. The highest BCUT2D eigenvalue weighted by Crippen LogP contribution is 2.15. The Kier molecular flexibility index (Phi) is 36.0. The van der Waals surface area contributed by atoms with Crippen LogP contribution in [-0.4, -0.2) is 36.4 Å². The molecule has 0 saturated heterocycles. The lowest BCUT2D eigenvalue weighted by Crippen LogP contribution is -2.28. The average Bonchev–Trinajstić information content (AvgIpc) is 3.06. The highest BCUT2D eigenvalue weighted by molar-refractivity contribution is 5.70. The van der Waals surface area contributed by atoms with E-state index in [9.17, 15) is 14.7 Å². The first-order valence-corrected chi connectivity index (χ1v) is 19.5. The molecular weight excluding hydrogens is 572 g/mol. The van der Waals surface area contributed by atoms with Crippen molar-refractivity contribution in [3.05, 3.63) is 36.5 Å². The third kappa shape index (κ3) is 35.0. The quantitative estimate of drug-likeness (QED) is 0.0421. The van der Waals surface area contributed by atoms with E-state index in [1.165, 1.54) is 96.3 Å². The Balaban J connectivity index is 3.55. The number of hydrogen-bond donors (Lipinski definition) is 1. The van der Waals surface area contributed by atoms with Crippen LogP contribution in [-0.2, 0) is 19.1 Å². The maximum Gasteiger partial charge on any atom is 0.306 e. The molecule has 1 unspecified atom stereocenters. The van der Waals surface area contributed by atoms with E-state index >= 15 is 0 Å². The summed E-state index contributed by atoms with van der Waals surface area (Å²) in [6.07, 6.45) is 44.9. The highest BCUT2D eigenvalue weighted by Gasteiger charge is 2.16. The molecule has 0 heterocycles. The number of hydrogen-bond acceptors (Lipinski definition) is 5. The molecular formula is C41H74O5. The van der Waals surface area contributed by atoms with Gasteiger partial charge in [0.05, 0.1) is 6.61 Å². The molecule has 1 N–H and O–H groups in total. The first-order valence-electron chi connectivity index (χ1n) is 19.5. The second-order valence-electron chi connectivity index (χ2n) is 13.0. The van der Waals surface area contributed by atoms with E-state index in [4.69, 9.17) is 9.47 Å². The van der Waals surface area contributed by atoms with Crippen molar-refractivity contribution < 1.29 is 24.2 Å². The SMILES string of the molecule is CCC=CCC=CCC=CCCCCCCCC(=O)OC(CO)COC(=O)CCCCCCCCCCCCCCCCCCC. The fourth-order valence-corrected chi connectivity index (χ4v) is 5.51. The van der Waals surface area contributed by atoms with Crippen LogP contribution in [0.3, 0.4) is 0 Å². The molecule has 0 spiro atoms. The van der Waals surface area contributed by atoms with Gasteiger partial charge in [-0.2, -0.15) is 0 Å². The van der Waals surface area contributed by atoms with Crippen LogP contribution in [0.15, 0.2) is 36.5 Å². The molecule has 0 radical (unpaired) electrons. The zero-order valence-electron chi connectivity index (χ0n) is 30.3. The molecule has 0 aliphatic heterocycles. The zero-order valence-corrected chi connectivity index (χ0v) is 30.3. The van der Waals surface area contributed by atoms with Crippen molar-refractivity contribution in [2.75, 3.05) is 13.2 Å². The molecule has 0 aliphatic rings. The van der Waals surface area contributed by atoms with Crippen LogP contribution in [0.2, 0.25) is 0 Å². The Labute approximate surface area is 285 Å². The van der Waals surface area contributed by atoms with Gasteiger partial charge in [0.15, 0.2) is 6.10 Å². The first-order chi connectivity index (χ1) is 22.6. The zero-order chi connectivity index (χ0) is 33.6. The molecule has 0 aliphatic carbocycles. The average molecular weight is 647 g/mol.